The molecule has 0 heterocycles. The standard InChI is InChI=1S/C46H43N/c1-3-5-14-37-23-22-35-18-10-11-19-41(35)45(37)46-38(15-6-4-2)32-44(42-20-12-13-21-43(42)46)36-26-30-40(31-27-36)47-39-28-24-34(25-29-39)33-16-8-7-9-17-33/h7-13,16-32,47H,3-6,14-15H2,1-2H3. The third-order valence-corrected chi connectivity index (χ3v) is 9.47. The van der Waals surface area contributed by atoms with E-state index in [0.717, 1.165) is 24.2 Å². The van der Waals surface area contributed by atoms with Gasteiger partial charge >= 0.3 is 0 Å². The van der Waals surface area contributed by atoms with Gasteiger partial charge in [-0.15, -0.1) is 0 Å². The third-order valence-electron chi connectivity index (χ3n) is 9.47. The van der Waals surface area contributed by atoms with Gasteiger partial charge in [0.05, 0.1) is 0 Å². The summed E-state index contributed by atoms with van der Waals surface area (Å²) in [4.78, 5) is 0. The molecule has 0 aromatic heterocycles. The van der Waals surface area contributed by atoms with Crippen LogP contribution in [0.3, 0.4) is 0 Å². The molecule has 7 aromatic rings. The van der Waals surface area contributed by atoms with Crippen LogP contribution in [0.15, 0.2) is 146 Å². The fourth-order valence-corrected chi connectivity index (χ4v) is 7.00. The quantitative estimate of drug-likeness (QED) is 0.154. The van der Waals surface area contributed by atoms with E-state index < -0.39 is 0 Å². The SMILES string of the molecule is CCCCc1ccc2ccccc2c1-c1c(CCCC)cc(-c2ccc(Nc3ccc(-c4ccccc4)cc3)cc2)c2ccccc12. The molecule has 1 N–H and O–H groups in total. The molecule has 0 aliphatic carbocycles. The lowest BCUT2D eigenvalue weighted by Crippen LogP contribution is -1.99. The van der Waals surface area contributed by atoms with Crippen molar-refractivity contribution in [3.8, 4) is 33.4 Å². The molecule has 0 aliphatic heterocycles. The number of hydrogen-bond donors (Lipinski definition) is 1. The highest BCUT2D eigenvalue weighted by Gasteiger charge is 2.19. The number of fused-ring (bicyclic) bond motifs is 2. The van der Waals surface area contributed by atoms with Gasteiger partial charge in [-0.3, -0.25) is 0 Å². The fraction of sp³-hybridized carbons (Fsp3) is 0.174. The maximum absolute atomic E-state index is 3.61. The summed E-state index contributed by atoms with van der Waals surface area (Å²) in [6.07, 6.45) is 6.90. The van der Waals surface area contributed by atoms with Gasteiger partial charge in [0.2, 0.25) is 0 Å². The molecule has 1 heteroatoms. The minimum Gasteiger partial charge on any atom is -0.356 e. The van der Waals surface area contributed by atoms with E-state index in [1.165, 1.54) is 91.7 Å². The van der Waals surface area contributed by atoms with E-state index in [-0.39, 0.29) is 0 Å². The van der Waals surface area contributed by atoms with Crippen LogP contribution in [0.25, 0.3) is 54.9 Å². The van der Waals surface area contributed by atoms with Gasteiger partial charge in [0.15, 0.2) is 0 Å². The van der Waals surface area contributed by atoms with E-state index >= 15 is 0 Å². The van der Waals surface area contributed by atoms with Gasteiger partial charge in [0, 0.05) is 11.4 Å². The van der Waals surface area contributed by atoms with Crippen LogP contribution in [-0.4, -0.2) is 0 Å². The first kappa shape index (κ1) is 30.5. The molecular formula is C46H43N. The molecule has 0 unspecified atom stereocenters. The molecule has 0 saturated heterocycles. The second-order valence-electron chi connectivity index (χ2n) is 12.7. The topological polar surface area (TPSA) is 12.0 Å². The number of hydrogen-bond acceptors (Lipinski definition) is 1. The Balaban J connectivity index is 1.29. The predicted octanol–water partition coefficient (Wildman–Crippen LogP) is 13.4. The smallest absolute Gasteiger partial charge is 0.0384 e. The van der Waals surface area contributed by atoms with Crippen molar-refractivity contribution in [3.05, 3.63) is 157 Å². The Hall–Kier alpha value is -5.14. The molecule has 232 valence electrons. The second kappa shape index (κ2) is 14.1. The van der Waals surface area contributed by atoms with E-state index in [2.05, 4.69) is 165 Å². The first-order valence-electron chi connectivity index (χ1n) is 17.3. The van der Waals surface area contributed by atoms with E-state index in [9.17, 15) is 0 Å². The molecule has 47 heavy (non-hydrogen) atoms. The molecule has 7 aromatic carbocycles. The van der Waals surface area contributed by atoms with Crippen molar-refractivity contribution in [1.82, 2.24) is 0 Å². The second-order valence-corrected chi connectivity index (χ2v) is 12.7. The van der Waals surface area contributed by atoms with Crippen molar-refractivity contribution in [2.24, 2.45) is 0 Å². The fourth-order valence-electron chi connectivity index (χ4n) is 7.00. The Morgan fingerprint density at radius 1 is 0.426 bits per heavy atom. The molecule has 0 aliphatic rings. The zero-order valence-corrected chi connectivity index (χ0v) is 27.6. The zero-order valence-electron chi connectivity index (χ0n) is 27.6. The highest BCUT2D eigenvalue weighted by Crippen LogP contribution is 2.43. The lowest BCUT2D eigenvalue weighted by molar-refractivity contribution is 0.792. The number of nitrogens with one attached hydrogen (secondary N) is 1. The predicted molar refractivity (Wildman–Crippen MR) is 205 cm³/mol. The van der Waals surface area contributed by atoms with Crippen molar-refractivity contribution in [2.75, 3.05) is 5.32 Å². The first-order valence-corrected chi connectivity index (χ1v) is 17.3. The lowest BCUT2D eigenvalue weighted by Gasteiger charge is -2.22. The van der Waals surface area contributed by atoms with Gasteiger partial charge < -0.3 is 5.32 Å². The van der Waals surface area contributed by atoms with Gasteiger partial charge in [-0.05, 0) is 122 Å². The maximum Gasteiger partial charge on any atom is 0.0384 e. The summed E-state index contributed by atoms with van der Waals surface area (Å²) >= 11 is 0. The largest absolute Gasteiger partial charge is 0.356 e. The maximum atomic E-state index is 3.61. The Morgan fingerprint density at radius 2 is 0.957 bits per heavy atom. The minimum atomic E-state index is 1.07. The molecule has 0 atom stereocenters. The Morgan fingerprint density at radius 3 is 1.64 bits per heavy atom. The van der Waals surface area contributed by atoms with Crippen molar-refractivity contribution in [1.29, 1.82) is 0 Å². The number of unbranched alkanes of at least 4 members (excludes halogenated alkanes) is 2. The van der Waals surface area contributed by atoms with Gasteiger partial charge in [-0.2, -0.15) is 0 Å². The van der Waals surface area contributed by atoms with Gasteiger partial charge in [-0.1, -0.05) is 142 Å². The van der Waals surface area contributed by atoms with Crippen LogP contribution >= 0.6 is 0 Å². The highest BCUT2D eigenvalue weighted by atomic mass is 14.9. The first-order chi connectivity index (χ1) is 23.2. The molecular weight excluding hydrogens is 567 g/mol. The number of anilines is 2. The van der Waals surface area contributed by atoms with Gasteiger partial charge in [0.1, 0.15) is 0 Å². The monoisotopic (exact) mass is 609 g/mol. The summed E-state index contributed by atoms with van der Waals surface area (Å²) in [6.45, 7) is 4.59. The molecule has 0 saturated carbocycles. The van der Waals surface area contributed by atoms with Crippen LogP contribution < -0.4 is 5.32 Å². The molecule has 0 fully saturated rings. The lowest BCUT2D eigenvalue weighted by atomic mass is 9.82. The van der Waals surface area contributed by atoms with Crippen molar-refractivity contribution < 1.29 is 0 Å². The number of benzene rings is 7. The summed E-state index contributed by atoms with van der Waals surface area (Å²) in [7, 11) is 0. The molecule has 1 nitrogen and oxygen atoms in total. The van der Waals surface area contributed by atoms with Crippen LogP contribution in [0.4, 0.5) is 11.4 Å². The summed E-state index contributed by atoms with van der Waals surface area (Å²) in [5.41, 5.74) is 13.0. The molecule has 0 bridgehead atoms. The summed E-state index contributed by atoms with van der Waals surface area (Å²) in [5.74, 6) is 0. The van der Waals surface area contributed by atoms with E-state index in [0.29, 0.717) is 0 Å². The van der Waals surface area contributed by atoms with E-state index in [1.807, 2.05) is 0 Å². The van der Waals surface area contributed by atoms with Crippen LogP contribution in [0.5, 0.6) is 0 Å². The molecule has 0 spiro atoms. The molecule has 7 rings (SSSR count). The average molecular weight is 610 g/mol. The summed E-state index contributed by atoms with van der Waals surface area (Å²) in [5, 5.41) is 8.95. The summed E-state index contributed by atoms with van der Waals surface area (Å²) < 4.78 is 0. The van der Waals surface area contributed by atoms with Crippen LogP contribution in [0.2, 0.25) is 0 Å². The average Bonchev–Trinajstić information content (AvgIpc) is 3.13. The third kappa shape index (κ3) is 6.44. The van der Waals surface area contributed by atoms with Gasteiger partial charge in [0.25, 0.3) is 0 Å². The molecule has 0 amide bonds. The van der Waals surface area contributed by atoms with Crippen LogP contribution in [0.1, 0.15) is 50.7 Å². The Bertz CT molecular complexity index is 2110. The van der Waals surface area contributed by atoms with E-state index in [4.69, 9.17) is 0 Å². The number of aryl methyl sites for hydroxylation is 2. The normalized spacial score (nSPS) is 11.3. The Kier molecular flexibility index (Phi) is 9.15. The van der Waals surface area contributed by atoms with Gasteiger partial charge in [-0.25, -0.2) is 0 Å². The zero-order chi connectivity index (χ0) is 32.0. The Labute approximate surface area is 279 Å². The van der Waals surface area contributed by atoms with E-state index in [1.54, 1.807) is 0 Å². The van der Waals surface area contributed by atoms with Crippen molar-refractivity contribution >= 4 is 32.9 Å². The van der Waals surface area contributed by atoms with Crippen LogP contribution in [0, 0.1) is 0 Å². The van der Waals surface area contributed by atoms with Crippen LogP contribution in [-0.2, 0) is 12.8 Å². The van der Waals surface area contributed by atoms with Crippen molar-refractivity contribution in [3.63, 3.8) is 0 Å². The minimum absolute atomic E-state index is 1.07. The van der Waals surface area contributed by atoms with Crippen molar-refractivity contribution in [2.45, 2.75) is 52.4 Å². The summed E-state index contributed by atoms with van der Waals surface area (Å²) in [6, 6.07) is 53.4. The molecule has 0 radical (unpaired) electrons. The highest BCUT2D eigenvalue weighted by molar-refractivity contribution is 6.11. The number of rotatable bonds is 11.